The van der Waals surface area contributed by atoms with E-state index < -0.39 is 5.82 Å². The van der Waals surface area contributed by atoms with Gasteiger partial charge in [0.1, 0.15) is 11.6 Å². The van der Waals surface area contributed by atoms with Gasteiger partial charge in [-0.1, -0.05) is 6.08 Å². The molecule has 8 heteroatoms. The predicted octanol–water partition coefficient (Wildman–Crippen LogP) is 3.65. The number of pyridine rings is 1. The van der Waals surface area contributed by atoms with Crippen molar-refractivity contribution in [2.24, 2.45) is 5.10 Å². The Balaban J connectivity index is 1.38. The zero-order chi connectivity index (χ0) is 19.8. The molecule has 0 radical (unpaired) electrons. The molecule has 1 aromatic heterocycles. The van der Waals surface area contributed by atoms with Crippen molar-refractivity contribution in [1.29, 1.82) is 0 Å². The van der Waals surface area contributed by atoms with Gasteiger partial charge >= 0.3 is 6.03 Å². The van der Waals surface area contributed by atoms with Crippen LogP contribution >= 0.6 is 0 Å². The fraction of sp³-hybridized carbons (Fsp3) is 0.450. The Hall–Kier alpha value is -2.61. The standard InChI is InChI=1S/C20H22F2N4O2/c1-12-17(22)9-14(10-23-12)18-7-8-24-26(18)20(27)25-11-19(13(25)2)28-16-5-3-15(21)4-6-16/h3-5,8-10,13,16,18-19H,6-7,11H2,1-2H3/t13-,16?,18+,19+/m1/s1. The maximum atomic E-state index is 13.9. The molecule has 1 fully saturated rings. The van der Waals surface area contributed by atoms with Crippen molar-refractivity contribution in [3.63, 3.8) is 0 Å². The smallest absolute Gasteiger partial charge is 0.341 e. The number of halogens is 2. The number of urea groups is 1. The monoisotopic (exact) mass is 388 g/mol. The number of allylic oxidation sites excluding steroid dienone is 2. The van der Waals surface area contributed by atoms with E-state index in [1.54, 1.807) is 30.3 Å². The Morgan fingerprint density at radius 3 is 2.82 bits per heavy atom. The molecule has 1 saturated heterocycles. The molecule has 4 rings (SSSR count). The Morgan fingerprint density at radius 2 is 2.14 bits per heavy atom. The van der Waals surface area contributed by atoms with Gasteiger partial charge in [0.25, 0.3) is 0 Å². The average molecular weight is 388 g/mol. The van der Waals surface area contributed by atoms with Crippen LogP contribution in [0.2, 0.25) is 0 Å². The summed E-state index contributed by atoms with van der Waals surface area (Å²) < 4.78 is 32.9. The minimum atomic E-state index is -0.395. The molecule has 28 heavy (non-hydrogen) atoms. The van der Waals surface area contributed by atoms with Crippen LogP contribution in [-0.2, 0) is 4.74 Å². The van der Waals surface area contributed by atoms with Crippen LogP contribution in [-0.4, -0.2) is 51.9 Å². The molecule has 3 aliphatic rings. The van der Waals surface area contributed by atoms with Crippen LogP contribution in [0.25, 0.3) is 0 Å². The Bertz CT molecular complexity index is 870. The lowest BCUT2D eigenvalue weighted by atomic mass is 10.0. The fourth-order valence-electron chi connectivity index (χ4n) is 3.59. The number of ether oxygens (including phenoxy) is 1. The minimum absolute atomic E-state index is 0.114. The number of likely N-dealkylation sites (tertiary alicyclic amines) is 1. The van der Waals surface area contributed by atoms with E-state index in [2.05, 4.69) is 10.1 Å². The van der Waals surface area contributed by atoms with Crippen LogP contribution in [0.1, 0.15) is 37.1 Å². The van der Waals surface area contributed by atoms with E-state index in [1.165, 1.54) is 23.2 Å². The number of rotatable bonds is 3. The first kappa shape index (κ1) is 18.7. The third-order valence-electron chi connectivity index (χ3n) is 5.47. The fourth-order valence-corrected chi connectivity index (χ4v) is 3.59. The first-order valence-corrected chi connectivity index (χ1v) is 9.37. The first-order valence-electron chi connectivity index (χ1n) is 9.37. The van der Waals surface area contributed by atoms with Gasteiger partial charge in [-0.25, -0.2) is 18.6 Å². The zero-order valence-corrected chi connectivity index (χ0v) is 15.8. The molecule has 6 nitrogen and oxygen atoms in total. The molecule has 0 bridgehead atoms. The third kappa shape index (κ3) is 3.44. The maximum absolute atomic E-state index is 13.9. The van der Waals surface area contributed by atoms with Crippen LogP contribution in [0.5, 0.6) is 0 Å². The highest BCUT2D eigenvalue weighted by Crippen LogP contribution is 2.33. The van der Waals surface area contributed by atoms with Gasteiger partial charge in [-0.2, -0.15) is 5.10 Å². The number of amides is 2. The van der Waals surface area contributed by atoms with E-state index in [4.69, 9.17) is 4.74 Å². The summed E-state index contributed by atoms with van der Waals surface area (Å²) in [4.78, 5) is 18.7. The number of carbonyl (C=O) groups excluding carboxylic acids is 1. The van der Waals surface area contributed by atoms with Crippen LogP contribution < -0.4 is 0 Å². The third-order valence-corrected chi connectivity index (χ3v) is 5.47. The van der Waals surface area contributed by atoms with Crippen molar-refractivity contribution >= 4 is 12.2 Å². The number of hydrogen-bond acceptors (Lipinski definition) is 4. The molecular weight excluding hydrogens is 366 g/mol. The molecule has 3 heterocycles. The highest BCUT2D eigenvalue weighted by molar-refractivity contribution is 5.79. The quantitative estimate of drug-likeness (QED) is 0.794. The molecule has 0 saturated carbocycles. The number of hydrogen-bond donors (Lipinski definition) is 0. The van der Waals surface area contributed by atoms with Gasteiger partial charge in [-0.15, -0.1) is 0 Å². The highest BCUT2D eigenvalue weighted by atomic mass is 19.1. The van der Waals surface area contributed by atoms with Gasteiger partial charge in [0, 0.05) is 18.8 Å². The van der Waals surface area contributed by atoms with Crippen LogP contribution in [0, 0.1) is 12.7 Å². The molecule has 1 unspecified atom stereocenters. The summed E-state index contributed by atoms with van der Waals surface area (Å²) in [5.74, 6) is -0.646. The van der Waals surface area contributed by atoms with E-state index in [9.17, 15) is 13.6 Å². The van der Waals surface area contributed by atoms with Crippen molar-refractivity contribution in [3.05, 3.63) is 53.4 Å². The lowest BCUT2D eigenvalue weighted by Crippen LogP contribution is -2.64. The van der Waals surface area contributed by atoms with E-state index >= 15 is 0 Å². The minimum Gasteiger partial charge on any atom is -0.367 e. The lowest BCUT2D eigenvalue weighted by molar-refractivity contribution is -0.100. The van der Waals surface area contributed by atoms with E-state index in [0.29, 0.717) is 30.6 Å². The van der Waals surface area contributed by atoms with Gasteiger partial charge < -0.3 is 9.64 Å². The summed E-state index contributed by atoms with van der Waals surface area (Å²) in [6.07, 6.45) is 8.56. The molecule has 4 atom stereocenters. The predicted molar refractivity (Wildman–Crippen MR) is 99.8 cm³/mol. The molecule has 0 aromatic carbocycles. The molecule has 0 N–H and O–H groups in total. The second-order valence-corrected chi connectivity index (χ2v) is 7.30. The Morgan fingerprint density at radius 1 is 1.32 bits per heavy atom. The van der Waals surface area contributed by atoms with E-state index in [0.717, 1.165) is 0 Å². The molecule has 1 aliphatic carbocycles. The van der Waals surface area contributed by atoms with Crippen molar-refractivity contribution in [2.45, 2.75) is 51.0 Å². The number of aryl methyl sites for hydroxylation is 1. The summed E-state index contributed by atoms with van der Waals surface area (Å²) in [6.45, 7) is 3.95. The van der Waals surface area contributed by atoms with E-state index in [1.807, 2.05) is 6.92 Å². The summed E-state index contributed by atoms with van der Waals surface area (Å²) in [7, 11) is 0. The van der Waals surface area contributed by atoms with Crippen LogP contribution in [0.3, 0.4) is 0 Å². The number of hydrazone groups is 1. The zero-order valence-electron chi connectivity index (χ0n) is 15.8. The number of carbonyl (C=O) groups is 1. The molecular formula is C20H22F2N4O2. The lowest BCUT2D eigenvalue weighted by Gasteiger charge is -2.48. The van der Waals surface area contributed by atoms with Crippen molar-refractivity contribution < 1.29 is 18.3 Å². The summed E-state index contributed by atoms with van der Waals surface area (Å²) in [6, 6.07) is 0.685. The van der Waals surface area contributed by atoms with Crippen LogP contribution in [0.4, 0.5) is 13.6 Å². The highest BCUT2D eigenvalue weighted by Gasteiger charge is 2.44. The number of nitrogens with zero attached hydrogens (tertiary/aromatic N) is 4. The molecule has 0 spiro atoms. The van der Waals surface area contributed by atoms with Crippen molar-refractivity contribution in [3.8, 4) is 0 Å². The maximum Gasteiger partial charge on any atom is 0.341 e. The van der Waals surface area contributed by atoms with Gasteiger partial charge in [-0.3, -0.25) is 4.98 Å². The Labute approximate surface area is 162 Å². The Kier molecular flexibility index (Phi) is 4.97. The van der Waals surface area contributed by atoms with Crippen molar-refractivity contribution in [1.82, 2.24) is 14.9 Å². The van der Waals surface area contributed by atoms with Gasteiger partial charge in [0.05, 0.1) is 36.5 Å². The van der Waals surface area contributed by atoms with Crippen molar-refractivity contribution in [2.75, 3.05) is 6.54 Å². The second-order valence-electron chi connectivity index (χ2n) is 7.30. The second kappa shape index (κ2) is 7.43. The van der Waals surface area contributed by atoms with Gasteiger partial charge in [-0.05, 0) is 44.1 Å². The molecule has 148 valence electrons. The molecule has 2 amide bonds. The molecule has 2 aliphatic heterocycles. The first-order chi connectivity index (χ1) is 13.4. The van der Waals surface area contributed by atoms with Gasteiger partial charge in [0.2, 0.25) is 0 Å². The SMILES string of the molecule is Cc1ncc([C@@H]2CC=NN2C(=O)N2C[C@H](OC3C=CC(F)=CC3)[C@H]2C)cc1F. The average Bonchev–Trinajstić information content (AvgIpc) is 3.17. The largest absolute Gasteiger partial charge is 0.367 e. The van der Waals surface area contributed by atoms with Gasteiger partial charge in [0.15, 0.2) is 0 Å². The van der Waals surface area contributed by atoms with E-state index in [-0.39, 0.29) is 36.1 Å². The van der Waals surface area contributed by atoms with Crippen LogP contribution in [0.15, 0.2) is 41.4 Å². The molecule has 1 aromatic rings. The normalized spacial score (nSPS) is 29.1. The topological polar surface area (TPSA) is 58.0 Å². The summed E-state index contributed by atoms with van der Waals surface area (Å²) >= 11 is 0. The summed E-state index contributed by atoms with van der Waals surface area (Å²) in [5.41, 5.74) is 0.944. The number of aromatic nitrogens is 1. The summed E-state index contributed by atoms with van der Waals surface area (Å²) in [5, 5.41) is 5.58.